The minimum absolute atomic E-state index is 0.142. The van der Waals surface area contributed by atoms with Crippen molar-refractivity contribution in [1.82, 2.24) is 5.32 Å². The number of allylic oxidation sites excluding steroid dienone is 3. The van der Waals surface area contributed by atoms with Crippen LogP contribution >= 0.6 is 12.2 Å². The van der Waals surface area contributed by atoms with Crippen LogP contribution in [0.5, 0.6) is 0 Å². The Morgan fingerprint density at radius 2 is 2.32 bits per heavy atom. The minimum Gasteiger partial charge on any atom is -0.471 e. The first-order valence-corrected chi connectivity index (χ1v) is 6.97. The van der Waals surface area contributed by atoms with Gasteiger partial charge in [-0.2, -0.15) is 0 Å². The van der Waals surface area contributed by atoms with E-state index >= 15 is 0 Å². The molecular formula is C15H19NO2S. The van der Waals surface area contributed by atoms with Crippen molar-refractivity contribution in [2.75, 3.05) is 6.61 Å². The molecule has 1 amide bonds. The van der Waals surface area contributed by atoms with E-state index in [-0.39, 0.29) is 11.1 Å². The van der Waals surface area contributed by atoms with E-state index in [0.29, 0.717) is 18.6 Å². The zero-order valence-corrected chi connectivity index (χ0v) is 12.0. The van der Waals surface area contributed by atoms with Crippen molar-refractivity contribution in [1.29, 1.82) is 0 Å². The number of carbonyl (C=O) groups is 1. The maximum atomic E-state index is 11.8. The molecule has 1 rings (SSSR count). The van der Waals surface area contributed by atoms with Crippen molar-refractivity contribution >= 4 is 23.3 Å². The van der Waals surface area contributed by atoms with Crippen molar-refractivity contribution < 1.29 is 9.53 Å². The summed E-state index contributed by atoms with van der Waals surface area (Å²) < 4.78 is 5.30. The normalized spacial score (nSPS) is 12.8. The Balaban J connectivity index is 2.25. The highest BCUT2D eigenvalue weighted by molar-refractivity contribution is 7.80. The summed E-state index contributed by atoms with van der Waals surface area (Å²) >= 11 is 4.98. The van der Waals surface area contributed by atoms with Crippen molar-refractivity contribution in [3.8, 4) is 11.8 Å². The molecule has 3 nitrogen and oxygen atoms in total. The maximum Gasteiger partial charge on any atom is 0.263 e. The summed E-state index contributed by atoms with van der Waals surface area (Å²) in [7, 11) is 0. The average Bonchev–Trinajstić information content (AvgIpc) is 2.67. The summed E-state index contributed by atoms with van der Waals surface area (Å²) in [6.07, 6.45) is 10.1. The third-order valence-corrected chi connectivity index (χ3v) is 2.82. The lowest BCUT2D eigenvalue weighted by Gasteiger charge is -2.09. The molecule has 0 unspecified atom stereocenters. The smallest absolute Gasteiger partial charge is 0.263 e. The average molecular weight is 277 g/mol. The van der Waals surface area contributed by atoms with Crippen LogP contribution in [0.15, 0.2) is 23.8 Å². The Hall–Kier alpha value is -1.60. The molecule has 1 N–H and O–H groups in total. The molecule has 0 atom stereocenters. The molecule has 0 aromatic heterocycles. The first kappa shape index (κ1) is 15.5. The lowest BCUT2D eigenvalue weighted by atomic mass is 10.2. The van der Waals surface area contributed by atoms with E-state index in [1.165, 1.54) is 12.8 Å². The fraction of sp³-hybridized carbons (Fsp3) is 0.467. The molecule has 0 fully saturated rings. The summed E-state index contributed by atoms with van der Waals surface area (Å²) in [5.41, 5.74) is 0.596. The molecule has 19 heavy (non-hydrogen) atoms. The molecule has 0 aliphatic heterocycles. The van der Waals surface area contributed by atoms with Crippen LogP contribution in [0, 0.1) is 11.8 Å². The zero-order chi connectivity index (χ0) is 13.9. The lowest BCUT2D eigenvalue weighted by molar-refractivity contribution is -0.116. The highest BCUT2D eigenvalue weighted by Gasteiger charge is 2.10. The van der Waals surface area contributed by atoms with Gasteiger partial charge in [-0.05, 0) is 24.7 Å². The SMILES string of the molecule is CCCCCCOC(=S)NC(=O)C1=CC=CC#CC1. The Labute approximate surface area is 120 Å². The second-order valence-electron chi connectivity index (χ2n) is 4.20. The van der Waals surface area contributed by atoms with Crippen LogP contribution in [0.25, 0.3) is 0 Å². The zero-order valence-electron chi connectivity index (χ0n) is 11.2. The monoisotopic (exact) mass is 277 g/mol. The highest BCUT2D eigenvalue weighted by atomic mass is 32.1. The summed E-state index contributed by atoms with van der Waals surface area (Å²) in [6, 6.07) is 0. The number of unbranched alkanes of at least 4 members (excludes halogenated alkanes) is 3. The molecule has 0 aromatic rings. The molecule has 0 bridgehead atoms. The number of hydrogen-bond acceptors (Lipinski definition) is 3. The summed E-state index contributed by atoms with van der Waals surface area (Å²) in [5, 5.41) is 2.71. The van der Waals surface area contributed by atoms with Gasteiger partial charge in [0, 0.05) is 12.0 Å². The third kappa shape index (κ3) is 6.78. The van der Waals surface area contributed by atoms with E-state index in [4.69, 9.17) is 17.0 Å². The molecular weight excluding hydrogens is 258 g/mol. The second-order valence-corrected chi connectivity index (χ2v) is 4.57. The van der Waals surface area contributed by atoms with Gasteiger partial charge in [0.05, 0.1) is 6.61 Å². The maximum absolute atomic E-state index is 11.8. The topological polar surface area (TPSA) is 38.3 Å². The van der Waals surface area contributed by atoms with Crippen LogP contribution in [-0.4, -0.2) is 17.7 Å². The van der Waals surface area contributed by atoms with Crippen LogP contribution in [-0.2, 0) is 9.53 Å². The number of nitrogens with one attached hydrogen (secondary N) is 1. The Morgan fingerprint density at radius 3 is 3.11 bits per heavy atom. The van der Waals surface area contributed by atoms with E-state index in [1.54, 1.807) is 18.2 Å². The van der Waals surface area contributed by atoms with Crippen molar-refractivity contribution in [2.24, 2.45) is 0 Å². The van der Waals surface area contributed by atoms with E-state index in [9.17, 15) is 4.79 Å². The van der Waals surface area contributed by atoms with E-state index in [2.05, 4.69) is 24.1 Å². The van der Waals surface area contributed by atoms with Gasteiger partial charge in [-0.25, -0.2) is 0 Å². The lowest BCUT2D eigenvalue weighted by Crippen LogP contribution is -2.32. The van der Waals surface area contributed by atoms with Gasteiger partial charge < -0.3 is 4.74 Å². The molecule has 4 heteroatoms. The molecule has 1 aliphatic rings. The number of thiocarbonyl (C=S) groups is 1. The first-order valence-electron chi connectivity index (χ1n) is 6.56. The molecule has 0 spiro atoms. The van der Waals surface area contributed by atoms with Gasteiger partial charge in [-0.3, -0.25) is 10.1 Å². The van der Waals surface area contributed by atoms with Crippen LogP contribution in [0.1, 0.15) is 39.0 Å². The molecule has 0 saturated carbocycles. The summed E-state index contributed by atoms with van der Waals surface area (Å²) in [6.45, 7) is 2.71. The molecule has 0 radical (unpaired) electrons. The van der Waals surface area contributed by atoms with E-state index in [1.807, 2.05) is 0 Å². The van der Waals surface area contributed by atoms with Crippen LogP contribution in [0.4, 0.5) is 0 Å². The minimum atomic E-state index is -0.237. The van der Waals surface area contributed by atoms with Gasteiger partial charge in [-0.15, -0.1) is 0 Å². The van der Waals surface area contributed by atoms with Gasteiger partial charge in [0.25, 0.3) is 11.1 Å². The van der Waals surface area contributed by atoms with Gasteiger partial charge in [0.1, 0.15) is 0 Å². The third-order valence-electron chi connectivity index (χ3n) is 2.60. The number of rotatable bonds is 6. The van der Waals surface area contributed by atoms with Crippen molar-refractivity contribution in [3.05, 3.63) is 23.8 Å². The fourth-order valence-electron chi connectivity index (χ4n) is 1.54. The number of carbonyl (C=O) groups excluding carboxylic acids is 1. The number of ether oxygens (including phenoxy) is 1. The van der Waals surface area contributed by atoms with Crippen LogP contribution in [0.3, 0.4) is 0 Å². The van der Waals surface area contributed by atoms with Gasteiger partial charge in [-0.1, -0.05) is 50.2 Å². The summed E-state index contributed by atoms with van der Waals surface area (Å²) in [4.78, 5) is 11.8. The van der Waals surface area contributed by atoms with Gasteiger partial charge in [0.2, 0.25) is 0 Å². The summed E-state index contributed by atoms with van der Waals surface area (Å²) in [5.74, 6) is 5.44. The molecule has 0 heterocycles. The van der Waals surface area contributed by atoms with Crippen molar-refractivity contribution in [3.63, 3.8) is 0 Å². The largest absolute Gasteiger partial charge is 0.471 e. The van der Waals surface area contributed by atoms with Gasteiger partial charge >= 0.3 is 0 Å². The fourth-order valence-corrected chi connectivity index (χ4v) is 1.71. The molecule has 0 saturated heterocycles. The van der Waals surface area contributed by atoms with Crippen LogP contribution < -0.4 is 5.32 Å². The standard InChI is InChI=1S/C15H19NO2S/c1-2-3-4-9-12-18-15(19)16-14(17)13-10-7-5-6-8-11-13/h5,7,10H,2-4,9,11-12H2,1H3,(H,16,17,19). The Kier molecular flexibility index (Phi) is 7.60. The molecule has 0 aromatic carbocycles. The van der Waals surface area contributed by atoms with E-state index < -0.39 is 0 Å². The predicted molar refractivity (Wildman–Crippen MR) is 80.5 cm³/mol. The first-order chi connectivity index (χ1) is 9.24. The Bertz CT molecular complexity index is 441. The predicted octanol–water partition coefficient (Wildman–Crippen LogP) is 2.87. The Morgan fingerprint density at radius 1 is 1.47 bits per heavy atom. The van der Waals surface area contributed by atoms with Crippen molar-refractivity contribution in [2.45, 2.75) is 39.0 Å². The van der Waals surface area contributed by atoms with Crippen LogP contribution in [0.2, 0.25) is 0 Å². The van der Waals surface area contributed by atoms with Gasteiger partial charge in [0.15, 0.2) is 0 Å². The second kappa shape index (κ2) is 9.35. The number of amides is 1. The number of hydrogen-bond donors (Lipinski definition) is 1. The quantitative estimate of drug-likeness (QED) is 0.461. The molecule has 1 aliphatic carbocycles. The molecule has 102 valence electrons. The highest BCUT2D eigenvalue weighted by Crippen LogP contribution is 2.04. The van der Waals surface area contributed by atoms with E-state index in [0.717, 1.165) is 12.8 Å².